The molecule has 0 bridgehead atoms. The Balaban J connectivity index is 2.00. The van der Waals surface area contributed by atoms with Gasteiger partial charge in [-0.25, -0.2) is 4.98 Å². The first-order valence-electron chi connectivity index (χ1n) is 6.57. The largest absolute Gasteiger partial charge is 0.331 e. The quantitative estimate of drug-likeness (QED) is 0.899. The van der Waals surface area contributed by atoms with Crippen LogP contribution in [0.4, 0.5) is 0 Å². The van der Waals surface area contributed by atoms with Crippen molar-refractivity contribution in [1.82, 2.24) is 14.9 Å². The second-order valence-electron chi connectivity index (χ2n) is 5.04. The SMILES string of the molecule is CC(C)n1cncc1CN[C@H](C)c1cccc(Br)c1. The Hall–Kier alpha value is -1.13. The van der Waals surface area contributed by atoms with Crippen molar-refractivity contribution in [3.05, 3.63) is 52.5 Å². The van der Waals surface area contributed by atoms with E-state index in [4.69, 9.17) is 0 Å². The van der Waals surface area contributed by atoms with Gasteiger partial charge in [0.05, 0.1) is 12.0 Å². The molecule has 2 rings (SSSR count). The van der Waals surface area contributed by atoms with Gasteiger partial charge in [0.25, 0.3) is 0 Å². The maximum Gasteiger partial charge on any atom is 0.0951 e. The first kappa shape index (κ1) is 14.3. The molecule has 102 valence electrons. The van der Waals surface area contributed by atoms with Gasteiger partial charge in [-0.05, 0) is 38.5 Å². The highest BCUT2D eigenvalue weighted by Crippen LogP contribution is 2.18. The minimum absolute atomic E-state index is 0.313. The summed E-state index contributed by atoms with van der Waals surface area (Å²) in [6.45, 7) is 7.34. The van der Waals surface area contributed by atoms with Crippen LogP contribution in [0.5, 0.6) is 0 Å². The van der Waals surface area contributed by atoms with Crippen molar-refractivity contribution in [2.24, 2.45) is 0 Å². The number of aromatic nitrogens is 2. The molecule has 1 N–H and O–H groups in total. The van der Waals surface area contributed by atoms with Gasteiger partial charge in [0, 0.05) is 29.3 Å². The van der Waals surface area contributed by atoms with E-state index in [-0.39, 0.29) is 0 Å². The monoisotopic (exact) mass is 321 g/mol. The lowest BCUT2D eigenvalue weighted by Crippen LogP contribution is -2.20. The van der Waals surface area contributed by atoms with Gasteiger partial charge in [0.1, 0.15) is 0 Å². The molecule has 3 nitrogen and oxygen atoms in total. The van der Waals surface area contributed by atoms with Crippen LogP contribution in [0.2, 0.25) is 0 Å². The third-order valence-corrected chi connectivity index (χ3v) is 3.73. The first-order chi connectivity index (χ1) is 9.08. The lowest BCUT2D eigenvalue weighted by molar-refractivity contribution is 0.518. The zero-order valence-electron chi connectivity index (χ0n) is 11.6. The number of benzene rings is 1. The van der Waals surface area contributed by atoms with Crippen LogP contribution >= 0.6 is 15.9 Å². The smallest absolute Gasteiger partial charge is 0.0951 e. The van der Waals surface area contributed by atoms with E-state index >= 15 is 0 Å². The van der Waals surface area contributed by atoms with Crippen LogP contribution in [0.25, 0.3) is 0 Å². The molecule has 0 unspecified atom stereocenters. The molecule has 2 aromatic rings. The fourth-order valence-corrected chi connectivity index (χ4v) is 2.50. The lowest BCUT2D eigenvalue weighted by atomic mass is 10.1. The van der Waals surface area contributed by atoms with Crippen molar-refractivity contribution in [1.29, 1.82) is 0 Å². The Morgan fingerprint density at radius 1 is 1.32 bits per heavy atom. The van der Waals surface area contributed by atoms with E-state index in [2.05, 4.69) is 69.8 Å². The summed E-state index contributed by atoms with van der Waals surface area (Å²) >= 11 is 3.51. The molecule has 1 aromatic carbocycles. The van der Waals surface area contributed by atoms with Crippen LogP contribution < -0.4 is 5.32 Å². The van der Waals surface area contributed by atoms with Crippen LogP contribution in [0.1, 0.15) is 44.1 Å². The molecular formula is C15H20BrN3. The van der Waals surface area contributed by atoms with Crippen LogP contribution in [0.3, 0.4) is 0 Å². The number of nitrogens with zero attached hydrogens (tertiary/aromatic N) is 2. The van der Waals surface area contributed by atoms with Crippen molar-refractivity contribution in [3.8, 4) is 0 Å². The highest BCUT2D eigenvalue weighted by atomic mass is 79.9. The minimum atomic E-state index is 0.313. The van der Waals surface area contributed by atoms with Crippen molar-refractivity contribution < 1.29 is 0 Å². The molecular weight excluding hydrogens is 302 g/mol. The van der Waals surface area contributed by atoms with Crippen molar-refractivity contribution >= 4 is 15.9 Å². The second kappa shape index (κ2) is 6.35. The fourth-order valence-electron chi connectivity index (χ4n) is 2.09. The average Bonchev–Trinajstić information content (AvgIpc) is 2.84. The summed E-state index contributed by atoms with van der Waals surface area (Å²) in [7, 11) is 0. The Labute approximate surface area is 123 Å². The zero-order valence-corrected chi connectivity index (χ0v) is 13.2. The molecule has 0 aliphatic carbocycles. The molecule has 1 heterocycles. The van der Waals surface area contributed by atoms with E-state index in [0.717, 1.165) is 11.0 Å². The number of rotatable bonds is 5. The Morgan fingerprint density at radius 2 is 2.11 bits per heavy atom. The van der Waals surface area contributed by atoms with Crippen LogP contribution in [-0.4, -0.2) is 9.55 Å². The Morgan fingerprint density at radius 3 is 2.79 bits per heavy atom. The summed E-state index contributed by atoms with van der Waals surface area (Å²) in [4.78, 5) is 4.22. The summed E-state index contributed by atoms with van der Waals surface area (Å²) in [6.07, 6.45) is 3.83. The summed E-state index contributed by atoms with van der Waals surface area (Å²) in [5, 5.41) is 3.54. The Kier molecular flexibility index (Phi) is 4.77. The predicted octanol–water partition coefficient (Wildman–Crippen LogP) is 4.08. The molecule has 0 amide bonds. The van der Waals surface area contributed by atoms with Crippen molar-refractivity contribution in [2.45, 2.75) is 39.4 Å². The number of hydrogen-bond acceptors (Lipinski definition) is 2. The molecule has 0 aliphatic heterocycles. The van der Waals surface area contributed by atoms with E-state index in [0.29, 0.717) is 12.1 Å². The first-order valence-corrected chi connectivity index (χ1v) is 7.36. The molecule has 0 spiro atoms. The lowest BCUT2D eigenvalue weighted by Gasteiger charge is -2.17. The van der Waals surface area contributed by atoms with Gasteiger partial charge in [-0.3, -0.25) is 0 Å². The third-order valence-electron chi connectivity index (χ3n) is 3.24. The highest BCUT2D eigenvalue weighted by molar-refractivity contribution is 9.10. The van der Waals surface area contributed by atoms with Crippen molar-refractivity contribution in [2.75, 3.05) is 0 Å². The van der Waals surface area contributed by atoms with Gasteiger partial charge in [-0.2, -0.15) is 0 Å². The van der Waals surface area contributed by atoms with E-state index < -0.39 is 0 Å². The summed E-state index contributed by atoms with van der Waals surface area (Å²) in [6, 6.07) is 9.16. The predicted molar refractivity (Wildman–Crippen MR) is 82.0 cm³/mol. The normalized spacial score (nSPS) is 12.9. The molecule has 1 aromatic heterocycles. The van der Waals surface area contributed by atoms with E-state index in [1.807, 2.05) is 18.6 Å². The molecule has 1 atom stereocenters. The molecule has 0 fully saturated rings. The summed E-state index contributed by atoms with van der Waals surface area (Å²) in [5.41, 5.74) is 2.50. The van der Waals surface area contributed by atoms with Gasteiger partial charge in [-0.1, -0.05) is 28.1 Å². The summed E-state index contributed by atoms with van der Waals surface area (Å²) in [5.74, 6) is 0. The molecule has 0 saturated heterocycles. The standard InChI is InChI=1S/C15H20BrN3/c1-11(2)19-10-17-8-15(19)9-18-12(3)13-5-4-6-14(16)7-13/h4-8,10-12,18H,9H2,1-3H3/t12-/m1/s1. The van der Waals surface area contributed by atoms with Gasteiger partial charge < -0.3 is 9.88 Å². The molecule has 19 heavy (non-hydrogen) atoms. The van der Waals surface area contributed by atoms with E-state index in [1.165, 1.54) is 11.3 Å². The third kappa shape index (κ3) is 3.67. The zero-order chi connectivity index (χ0) is 13.8. The van der Waals surface area contributed by atoms with Gasteiger partial charge in [-0.15, -0.1) is 0 Å². The van der Waals surface area contributed by atoms with Gasteiger partial charge >= 0.3 is 0 Å². The maximum atomic E-state index is 4.22. The van der Waals surface area contributed by atoms with E-state index in [1.54, 1.807) is 0 Å². The molecule has 4 heteroatoms. The topological polar surface area (TPSA) is 29.9 Å². The van der Waals surface area contributed by atoms with Crippen LogP contribution in [0.15, 0.2) is 41.3 Å². The minimum Gasteiger partial charge on any atom is -0.331 e. The Bertz CT molecular complexity index is 534. The van der Waals surface area contributed by atoms with Crippen LogP contribution in [0, 0.1) is 0 Å². The number of nitrogens with one attached hydrogen (secondary N) is 1. The second-order valence-corrected chi connectivity index (χ2v) is 5.96. The van der Waals surface area contributed by atoms with Gasteiger partial charge in [0.2, 0.25) is 0 Å². The van der Waals surface area contributed by atoms with Gasteiger partial charge in [0.15, 0.2) is 0 Å². The highest BCUT2D eigenvalue weighted by Gasteiger charge is 2.08. The molecule has 0 saturated carbocycles. The fraction of sp³-hybridized carbons (Fsp3) is 0.400. The number of hydrogen-bond donors (Lipinski definition) is 1. The number of imidazole rings is 1. The summed E-state index contributed by atoms with van der Waals surface area (Å²) < 4.78 is 3.31. The van der Waals surface area contributed by atoms with Crippen molar-refractivity contribution in [3.63, 3.8) is 0 Å². The maximum absolute atomic E-state index is 4.22. The van der Waals surface area contributed by atoms with Crippen LogP contribution in [-0.2, 0) is 6.54 Å². The average molecular weight is 322 g/mol. The molecule has 0 radical (unpaired) electrons. The van der Waals surface area contributed by atoms with E-state index in [9.17, 15) is 0 Å². The molecule has 0 aliphatic rings. The number of halogens is 1.